The lowest BCUT2D eigenvalue weighted by Crippen LogP contribution is -2.20. The Hall–Kier alpha value is -1.55. The molecule has 114 valence electrons. The summed E-state index contributed by atoms with van der Waals surface area (Å²) in [6, 6.07) is 4.96. The first kappa shape index (κ1) is 14.4. The van der Waals surface area contributed by atoms with E-state index in [0.29, 0.717) is 6.04 Å². The van der Waals surface area contributed by atoms with E-state index in [-0.39, 0.29) is 6.04 Å². The molecule has 1 aliphatic rings. The van der Waals surface area contributed by atoms with Gasteiger partial charge in [0.05, 0.1) is 24.0 Å². The van der Waals surface area contributed by atoms with E-state index >= 15 is 0 Å². The Morgan fingerprint density at radius 1 is 1.33 bits per heavy atom. The van der Waals surface area contributed by atoms with Crippen LogP contribution in [0.2, 0.25) is 0 Å². The summed E-state index contributed by atoms with van der Waals surface area (Å²) in [5, 5.41) is 8.14. The number of furan rings is 1. The number of aryl methyl sites for hydroxylation is 1. The molecule has 1 unspecified atom stereocenters. The van der Waals surface area contributed by atoms with Crippen molar-refractivity contribution in [1.82, 2.24) is 15.1 Å². The lowest BCUT2D eigenvalue weighted by atomic mass is 9.96. The minimum Gasteiger partial charge on any atom is -0.467 e. The minimum atomic E-state index is 0.190. The zero-order valence-electron chi connectivity index (χ0n) is 13.0. The molecule has 0 radical (unpaired) electrons. The molecule has 1 saturated carbocycles. The molecule has 2 aromatic heterocycles. The van der Waals surface area contributed by atoms with Crippen LogP contribution >= 0.6 is 0 Å². The quantitative estimate of drug-likeness (QED) is 0.909. The van der Waals surface area contributed by atoms with Gasteiger partial charge >= 0.3 is 0 Å². The van der Waals surface area contributed by atoms with Gasteiger partial charge in [0.15, 0.2) is 0 Å². The summed E-state index contributed by atoms with van der Waals surface area (Å²) >= 11 is 0. The second-order valence-electron chi connectivity index (χ2n) is 6.09. The van der Waals surface area contributed by atoms with Crippen molar-refractivity contribution >= 4 is 0 Å². The van der Waals surface area contributed by atoms with Crippen LogP contribution in [0.3, 0.4) is 0 Å². The van der Waals surface area contributed by atoms with Crippen molar-refractivity contribution in [2.45, 2.75) is 57.5 Å². The molecule has 0 aromatic carbocycles. The van der Waals surface area contributed by atoms with Crippen molar-refractivity contribution in [3.63, 3.8) is 0 Å². The van der Waals surface area contributed by atoms with Gasteiger partial charge in [-0.25, -0.2) is 0 Å². The molecule has 0 spiro atoms. The topological polar surface area (TPSA) is 43.0 Å². The summed E-state index contributed by atoms with van der Waals surface area (Å²) in [5.41, 5.74) is 2.33. The summed E-state index contributed by atoms with van der Waals surface area (Å²) in [5.74, 6) is 1.02. The third kappa shape index (κ3) is 3.21. The van der Waals surface area contributed by atoms with Gasteiger partial charge in [-0.2, -0.15) is 5.10 Å². The number of nitrogens with zero attached hydrogens (tertiary/aromatic N) is 2. The molecule has 4 heteroatoms. The highest BCUT2D eigenvalue weighted by Gasteiger charge is 2.19. The van der Waals surface area contributed by atoms with Gasteiger partial charge in [0.1, 0.15) is 5.76 Å². The van der Waals surface area contributed by atoms with Gasteiger partial charge < -0.3 is 9.73 Å². The Morgan fingerprint density at radius 2 is 2.14 bits per heavy atom. The predicted molar refractivity (Wildman–Crippen MR) is 83.3 cm³/mol. The van der Waals surface area contributed by atoms with Crippen LogP contribution in [0.1, 0.15) is 61.2 Å². The molecule has 1 aliphatic carbocycles. The molecule has 4 nitrogen and oxygen atoms in total. The molecule has 1 fully saturated rings. The van der Waals surface area contributed by atoms with Crippen LogP contribution in [0.4, 0.5) is 0 Å². The summed E-state index contributed by atoms with van der Waals surface area (Å²) in [4.78, 5) is 0. The average molecular weight is 287 g/mol. The highest BCUT2D eigenvalue weighted by Crippen LogP contribution is 2.28. The largest absolute Gasteiger partial charge is 0.467 e. The van der Waals surface area contributed by atoms with Gasteiger partial charge in [-0.3, -0.25) is 4.68 Å². The second-order valence-corrected chi connectivity index (χ2v) is 6.09. The highest BCUT2D eigenvalue weighted by atomic mass is 16.3. The van der Waals surface area contributed by atoms with Crippen molar-refractivity contribution in [1.29, 1.82) is 0 Å². The van der Waals surface area contributed by atoms with Crippen molar-refractivity contribution in [2.75, 3.05) is 7.05 Å². The Labute approximate surface area is 126 Å². The van der Waals surface area contributed by atoms with Gasteiger partial charge in [0, 0.05) is 12.6 Å². The first-order valence-corrected chi connectivity index (χ1v) is 8.03. The van der Waals surface area contributed by atoms with E-state index in [9.17, 15) is 0 Å². The highest BCUT2D eigenvalue weighted by molar-refractivity contribution is 5.20. The maximum Gasteiger partial charge on any atom is 0.123 e. The Kier molecular flexibility index (Phi) is 4.44. The Bertz CT molecular complexity index is 566. The number of rotatable bonds is 5. The lowest BCUT2D eigenvalue weighted by Gasteiger charge is -2.22. The standard InChI is InChI=1S/C17H25N3O/c1-13-9-11-21-17(13)16(18-2)12-14-8-10-20(19-14)15-6-4-3-5-7-15/h8-11,15-16,18H,3-7,12H2,1-2H3. The SMILES string of the molecule is CNC(Cc1ccn(C2CCCCC2)n1)c1occc1C. The fourth-order valence-corrected chi connectivity index (χ4v) is 3.31. The molecule has 2 aromatic rings. The average Bonchev–Trinajstić information content (AvgIpc) is 3.15. The molecule has 0 aliphatic heterocycles. The second kappa shape index (κ2) is 6.48. The summed E-state index contributed by atoms with van der Waals surface area (Å²) in [6.07, 6.45) is 11.4. The molecule has 1 N–H and O–H groups in total. The molecular formula is C17H25N3O. The van der Waals surface area contributed by atoms with E-state index in [0.717, 1.165) is 17.9 Å². The van der Waals surface area contributed by atoms with Crippen molar-refractivity contribution in [2.24, 2.45) is 0 Å². The van der Waals surface area contributed by atoms with E-state index in [1.165, 1.54) is 37.7 Å². The summed E-state index contributed by atoms with van der Waals surface area (Å²) < 4.78 is 7.79. The molecule has 21 heavy (non-hydrogen) atoms. The van der Waals surface area contributed by atoms with Crippen LogP contribution in [0.5, 0.6) is 0 Å². The van der Waals surface area contributed by atoms with Crippen LogP contribution in [-0.2, 0) is 6.42 Å². The molecule has 0 bridgehead atoms. The molecule has 2 heterocycles. The van der Waals surface area contributed by atoms with Crippen molar-refractivity contribution in [3.05, 3.63) is 41.6 Å². The normalized spacial score (nSPS) is 18.0. The number of aromatic nitrogens is 2. The van der Waals surface area contributed by atoms with E-state index in [4.69, 9.17) is 9.52 Å². The van der Waals surface area contributed by atoms with Crippen LogP contribution in [0.15, 0.2) is 29.0 Å². The van der Waals surface area contributed by atoms with E-state index in [2.05, 4.69) is 29.2 Å². The smallest absolute Gasteiger partial charge is 0.123 e. The fourth-order valence-electron chi connectivity index (χ4n) is 3.31. The zero-order chi connectivity index (χ0) is 14.7. The van der Waals surface area contributed by atoms with Crippen LogP contribution in [-0.4, -0.2) is 16.8 Å². The van der Waals surface area contributed by atoms with Crippen molar-refractivity contribution < 1.29 is 4.42 Å². The van der Waals surface area contributed by atoms with Crippen LogP contribution < -0.4 is 5.32 Å². The Morgan fingerprint density at radius 3 is 2.81 bits per heavy atom. The van der Waals surface area contributed by atoms with Gasteiger partial charge in [-0.15, -0.1) is 0 Å². The predicted octanol–water partition coefficient (Wildman–Crippen LogP) is 3.79. The van der Waals surface area contributed by atoms with E-state index in [1.54, 1.807) is 6.26 Å². The summed E-state index contributed by atoms with van der Waals surface area (Å²) in [7, 11) is 1.98. The Balaban J connectivity index is 1.69. The van der Waals surface area contributed by atoms with Gasteiger partial charge in [-0.05, 0) is 44.5 Å². The molecular weight excluding hydrogens is 262 g/mol. The lowest BCUT2D eigenvalue weighted by molar-refractivity contribution is 0.327. The van der Waals surface area contributed by atoms with Crippen LogP contribution in [0.25, 0.3) is 0 Å². The number of hydrogen-bond acceptors (Lipinski definition) is 3. The molecule has 3 rings (SSSR count). The molecule has 0 saturated heterocycles. The van der Waals surface area contributed by atoms with Gasteiger partial charge in [0.25, 0.3) is 0 Å². The van der Waals surface area contributed by atoms with Gasteiger partial charge in [0.2, 0.25) is 0 Å². The first-order valence-electron chi connectivity index (χ1n) is 8.03. The fraction of sp³-hybridized carbons (Fsp3) is 0.588. The molecule has 0 amide bonds. The monoisotopic (exact) mass is 287 g/mol. The van der Waals surface area contributed by atoms with Crippen LogP contribution in [0, 0.1) is 6.92 Å². The first-order chi connectivity index (χ1) is 10.3. The van der Waals surface area contributed by atoms with Gasteiger partial charge in [-0.1, -0.05) is 19.3 Å². The number of nitrogens with one attached hydrogen (secondary N) is 1. The third-order valence-corrected chi connectivity index (χ3v) is 4.59. The zero-order valence-corrected chi connectivity index (χ0v) is 13.0. The number of likely N-dealkylation sites (N-methyl/N-ethyl adjacent to an activating group) is 1. The molecule has 1 atom stereocenters. The third-order valence-electron chi connectivity index (χ3n) is 4.59. The maximum absolute atomic E-state index is 5.62. The summed E-state index contributed by atoms with van der Waals surface area (Å²) in [6.45, 7) is 2.09. The van der Waals surface area contributed by atoms with E-state index < -0.39 is 0 Å². The minimum absolute atomic E-state index is 0.190. The van der Waals surface area contributed by atoms with E-state index in [1.807, 2.05) is 13.1 Å². The maximum atomic E-state index is 5.62. The van der Waals surface area contributed by atoms with Crippen molar-refractivity contribution in [3.8, 4) is 0 Å². The number of hydrogen-bond donors (Lipinski definition) is 1.